The molecular formula is C27H23F4N3O2. The number of amides is 1. The van der Waals surface area contributed by atoms with Gasteiger partial charge in [0, 0.05) is 26.2 Å². The van der Waals surface area contributed by atoms with Crippen LogP contribution in [0.25, 0.3) is 0 Å². The van der Waals surface area contributed by atoms with E-state index in [1.54, 1.807) is 23.1 Å². The largest absolute Gasteiger partial charge is 0.454 e. The number of hydrogen-bond acceptors (Lipinski definition) is 4. The first-order chi connectivity index (χ1) is 17.2. The zero-order chi connectivity index (χ0) is 25.4. The van der Waals surface area contributed by atoms with E-state index in [4.69, 9.17) is 4.74 Å². The number of piperazine rings is 1. The first-order valence-corrected chi connectivity index (χ1v) is 11.5. The molecule has 2 heterocycles. The summed E-state index contributed by atoms with van der Waals surface area (Å²) in [7, 11) is 0. The molecule has 0 aliphatic carbocycles. The number of alkyl halides is 3. The van der Waals surface area contributed by atoms with Gasteiger partial charge in [-0.05, 0) is 55.0 Å². The summed E-state index contributed by atoms with van der Waals surface area (Å²) in [6.45, 7) is 3.68. The second kappa shape index (κ2) is 9.29. The van der Waals surface area contributed by atoms with Crippen molar-refractivity contribution >= 4 is 17.4 Å². The lowest BCUT2D eigenvalue weighted by atomic mass is 10.1. The molecule has 0 unspecified atom stereocenters. The van der Waals surface area contributed by atoms with Gasteiger partial charge < -0.3 is 14.5 Å². The minimum Gasteiger partial charge on any atom is -0.454 e. The maximum absolute atomic E-state index is 13.4. The molecule has 36 heavy (non-hydrogen) atoms. The number of hydrogen-bond donors (Lipinski definition) is 0. The molecule has 0 radical (unpaired) electrons. The van der Waals surface area contributed by atoms with E-state index >= 15 is 0 Å². The molecule has 0 saturated carbocycles. The maximum atomic E-state index is 13.4. The van der Waals surface area contributed by atoms with E-state index in [1.807, 2.05) is 24.0 Å². The lowest BCUT2D eigenvalue weighted by Gasteiger charge is -2.36. The normalized spacial score (nSPS) is 15.4. The Morgan fingerprint density at radius 3 is 2.33 bits per heavy atom. The van der Waals surface area contributed by atoms with Crippen LogP contribution in [0.5, 0.6) is 11.5 Å². The summed E-state index contributed by atoms with van der Waals surface area (Å²) in [6.07, 6.45) is -4.33. The summed E-state index contributed by atoms with van der Waals surface area (Å²) < 4.78 is 59.2. The molecule has 1 saturated heterocycles. The highest BCUT2D eigenvalue weighted by molar-refractivity contribution is 6.04. The average molecular weight is 497 g/mol. The van der Waals surface area contributed by atoms with Crippen LogP contribution in [0.15, 0.2) is 65.7 Å². The molecule has 2 aliphatic rings. The second-order valence-corrected chi connectivity index (χ2v) is 8.89. The molecule has 1 fully saturated rings. The highest BCUT2D eigenvalue weighted by Gasteiger charge is 2.33. The number of aliphatic imine (C=N–C) groups is 1. The van der Waals surface area contributed by atoms with E-state index < -0.39 is 11.7 Å². The molecule has 5 rings (SSSR count). The molecule has 3 aromatic rings. The van der Waals surface area contributed by atoms with Crippen LogP contribution in [0, 0.1) is 12.7 Å². The third-order valence-electron chi connectivity index (χ3n) is 6.31. The van der Waals surface area contributed by atoms with Gasteiger partial charge >= 0.3 is 6.18 Å². The predicted octanol–water partition coefficient (Wildman–Crippen LogP) is 5.72. The molecule has 0 spiro atoms. The third kappa shape index (κ3) is 4.91. The number of halogens is 4. The average Bonchev–Trinajstić information content (AvgIpc) is 3.01. The fraction of sp³-hybridized carbons (Fsp3) is 0.259. The van der Waals surface area contributed by atoms with Crippen molar-refractivity contribution in [2.75, 3.05) is 26.2 Å². The van der Waals surface area contributed by atoms with Crippen LogP contribution in [0.1, 0.15) is 22.3 Å². The van der Waals surface area contributed by atoms with Gasteiger partial charge in [0.15, 0.2) is 5.75 Å². The van der Waals surface area contributed by atoms with Crippen molar-refractivity contribution in [3.63, 3.8) is 0 Å². The Morgan fingerprint density at radius 1 is 0.944 bits per heavy atom. The highest BCUT2D eigenvalue weighted by atomic mass is 19.4. The number of benzene rings is 3. The van der Waals surface area contributed by atoms with E-state index in [2.05, 4.69) is 4.99 Å². The Balaban J connectivity index is 1.40. The highest BCUT2D eigenvalue weighted by Crippen LogP contribution is 2.42. The Bertz CT molecular complexity index is 1330. The predicted molar refractivity (Wildman–Crippen MR) is 127 cm³/mol. The number of amidine groups is 1. The molecule has 2 aliphatic heterocycles. The van der Waals surface area contributed by atoms with Crippen molar-refractivity contribution in [1.29, 1.82) is 0 Å². The third-order valence-corrected chi connectivity index (χ3v) is 6.31. The minimum atomic E-state index is -4.50. The summed E-state index contributed by atoms with van der Waals surface area (Å²) in [6, 6.07) is 14.7. The number of rotatable bonds is 2. The summed E-state index contributed by atoms with van der Waals surface area (Å²) in [5.41, 5.74) is 1.68. The molecule has 0 atom stereocenters. The summed E-state index contributed by atoms with van der Waals surface area (Å²) in [4.78, 5) is 21.1. The topological polar surface area (TPSA) is 45.1 Å². The van der Waals surface area contributed by atoms with Gasteiger partial charge in [-0.25, -0.2) is 9.38 Å². The van der Waals surface area contributed by atoms with Crippen LogP contribution >= 0.6 is 0 Å². The van der Waals surface area contributed by atoms with Crippen molar-refractivity contribution in [1.82, 2.24) is 9.80 Å². The van der Waals surface area contributed by atoms with Gasteiger partial charge in [-0.2, -0.15) is 13.2 Å². The fourth-order valence-corrected chi connectivity index (χ4v) is 4.37. The Labute approximate surface area is 205 Å². The molecule has 0 aromatic heterocycles. The zero-order valence-electron chi connectivity index (χ0n) is 19.5. The molecule has 3 aromatic carbocycles. The number of fused-ring (bicyclic) bond motifs is 2. The number of nitrogens with zero attached hydrogens (tertiary/aromatic N) is 3. The van der Waals surface area contributed by atoms with Gasteiger partial charge in [-0.1, -0.05) is 23.8 Å². The maximum Gasteiger partial charge on any atom is 0.416 e. The van der Waals surface area contributed by atoms with Crippen molar-refractivity contribution < 1.29 is 27.1 Å². The van der Waals surface area contributed by atoms with Crippen molar-refractivity contribution in [2.24, 2.45) is 4.99 Å². The first kappa shape index (κ1) is 23.8. The van der Waals surface area contributed by atoms with Gasteiger partial charge in [-0.3, -0.25) is 4.79 Å². The summed E-state index contributed by atoms with van der Waals surface area (Å²) in [5.74, 6) is 0.845. The molecule has 186 valence electrons. The van der Waals surface area contributed by atoms with Gasteiger partial charge in [-0.15, -0.1) is 0 Å². The first-order valence-electron chi connectivity index (χ1n) is 11.5. The standard InChI is InChI=1S/C27H23F4N3O2/c1-17-2-8-23-21(14-17)26(32-22-16-19(27(29,30)31)5-9-24(22)36-23)34-12-10-33(11-13-34)25(35)15-18-3-6-20(28)7-4-18/h2-9,14,16H,10-13,15H2,1H3. The van der Waals surface area contributed by atoms with E-state index in [0.717, 1.165) is 23.3 Å². The van der Waals surface area contributed by atoms with E-state index in [0.29, 0.717) is 43.3 Å². The fourth-order valence-electron chi connectivity index (χ4n) is 4.37. The number of ether oxygens (including phenoxy) is 1. The lowest BCUT2D eigenvalue weighted by molar-refractivity contribution is -0.137. The van der Waals surface area contributed by atoms with E-state index in [1.165, 1.54) is 18.2 Å². The molecule has 1 amide bonds. The second-order valence-electron chi connectivity index (χ2n) is 8.89. The summed E-state index contributed by atoms with van der Waals surface area (Å²) in [5, 5.41) is 0. The van der Waals surface area contributed by atoms with Crippen molar-refractivity contribution in [2.45, 2.75) is 19.5 Å². The van der Waals surface area contributed by atoms with E-state index in [-0.39, 0.29) is 29.6 Å². The van der Waals surface area contributed by atoms with Crippen LogP contribution in [0.2, 0.25) is 0 Å². The van der Waals surface area contributed by atoms with Gasteiger partial charge in [0.25, 0.3) is 0 Å². The molecular weight excluding hydrogens is 474 g/mol. The quantitative estimate of drug-likeness (QED) is 0.425. The van der Waals surface area contributed by atoms with Crippen LogP contribution in [0.3, 0.4) is 0 Å². The van der Waals surface area contributed by atoms with Crippen LogP contribution in [0.4, 0.5) is 23.2 Å². The van der Waals surface area contributed by atoms with Crippen LogP contribution in [-0.2, 0) is 17.4 Å². The van der Waals surface area contributed by atoms with Gasteiger partial charge in [0.2, 0.25) is 5.91 Å². The zero-order valence-corrected chi connectivity index (χ0v) is 19.5. The smallest absolute Gasteiger partial charge is 0.416 e. The molecule has 0 N–H and O–H groups in total. The Kier molecular flexibility index (Phi) is 6.15. The van der Waals surface area contributed by atoms with Crippen molar-refractivity contribution in [3.05, 3.63) is 88.7 Å². The Morgan fingerprint density at radius 2 is 1.64 bits per heavy atom. The minimum absolute atomic E-state index is 0.0659. The monoisotopic (exact) mass is 497 g/mol. The van der Waals surface area contributed by atoms with Crippen LogP contribution < -0.4 is 4.74 Å². The van der Waals surface area contributed by atoms with Gasteiger partial charge in [0.05, 0.1) is 17.5 Å². The lowest BCUT2D eigenvalue weighted by Crippen LogP contribution is -2.51. The number of carbonyl (C=O) groups excluding carboxylic acids is 1. The van der Waals surface area contributed by atoms with Crippen LogP contribution in [-0.4, -0.2) is 47.7 Å². The molecule has 9 heteroatoms. The number of aryl methyl sites for hydroxylation is 1. The SMILES string of the molecule is Cc1ccc2c(c1)C(N1CCN(C(=O)Cc3ccc(F)cc3)CC1)=Nc1cc(C(F)(F)F)ccc1O2. The molecule has 5 nitrogen and oxygen atoms in total. The van der Waals surface area contributed by atoms with E-state index in [9.17, 15) is 22.4 Å². The van der Waals surface area contributed by atoms with Crippen molar-refractivity contribution in [3.8, 4) is 11.5 Å². The molecule has 0 bridgehead atoms. The van der Waals surface area contributed by atoms with Gasteiger partial charge in [0.1, 0.15) is 23.1 Å². The number of carbonyl (C=O) groups is 1. The Hall–Kier alpha value is -3.88. The summed E-state index contributed by atoms with van der Waals surface area (Å²) >= 11 is 0.